The highest BCUT2D eigenvalue weighted by molar-refractivity contribution is 5.79. The van der Waals surface area contributed by atoms with Gasteiger partial charge < -0.3 is 14.7 Å². The van der Waals surface area contributed by atoms with Crippen LogP contribution < -0.4 is 4.74 Å². The molecule has 2 fully saturated rings. The van der Waals surface area contributed by atoms with Crippen LogP contribution in [0.25, 0.3) is 0 Å². The number of benzene rings is 1. The molecule has 0 saturated carbocycles. The fourth-order valence-corrected chi connectivity index (χ4v) is 5.12. The Hall–Kier alpha value is -1.59. The zero-order valence-electron chi connectivity index (χ0n) is 17.3. The second kappa shape index (κ2) is 7.80. The van der Waals surface area contributed by atoms with E-state index in [1.54, 1.807) is 7.11 Å². The Morgan fingerprint density at radius 2 is 1.67 bits per heavy atom. The molecule has 2 atom stereocenters. The van der Waals surface area contributed by atoms with Gasteiger partial charge in [-0.2, -0.15) is 0 Å². The van der Waals surface area contributed by atoms with Crippen molar-refractivity contribution in [3.8, 4) is 5.75 Å². The monoisotopic (exact) mass is 374 g/mol. The van der Waals surface area contributed by atoms with Crippen LogP contribution in [0.5, 0.6) is 5.75 Å². The Morgan fingerprint density at radius 1 is 1.15 bits per heavy atom. The number of methoxy groups -OCH3 is 1. The molecule has 5 heteroatoms. The number of carbonyl (C=O) groups excluding carboxylic acids is 1. The number of hydrogen-bond acceptors (Lipinski definition) is 4. The van der Waals surface area contributed by atoms with Gasteiger partial charge in [-0.15, -0.1) is 0 Å². The first-order valence-corrected chi connectivity index (χ1v) is 10.2. The van der Waals surface area contributed by atoms with Crippen LogP contribution >= 0.6 is 0 Å². The van der Waals surface area contributed by atoms with Crippen LogP contribution in [0.15, 0.2) is 24.3 Å². The van der Waals surface area contributed by atoms with Gasteiger partial charge in [0, 0.05) is 24.2 Å². The predicted molar refractivity (Wildman–Crippen MR) is 107 cm³/mol. The summed E-state index contributed by atoms with van der Waals surface area (Å²) < 4.78 is 5.23. The molecule has 2 bridgehead atoms. The Kier molecular flexibility index (Phi) is 5.82. The fourth-order valence-electron chi connectivity index (χ4n) is 5.12. The highest BCUT2D eigenvalue weighted by atomic mass is 16.5. The third-order valence-electron chi connectivity index (χ3n) is 6.26. The third kappa shape index (κ3) is 3.99. The van der Waals surface area contributed by atoms with Crippen molar-refractivity contribution in [1.29, 1.82) is 0 Å². The Morgan fingerprint density at radius 3 is 2.11 bits per heavy atom. The molecule has 27 heavy (non-hydrogen) atoms. The average Bonchev–Trinajstić information content (AvgIpc) is 2.85. The van der Waals surface area contributed by atoms with Crippen LogP contribution in [-0.4, -0.2) is 58.6 Å². The van der Waals surface area contributed by atoms with Crippen molar-refractivity contribution in [2.45, 2.75) is 83.1 Å². The minimum absolute atomic E-state index is 0.201. The zero-order valence-corrected chi connectivity index (χ0v) is 17.3. The molecule has 1 N–H and O–H groups in total. The van der Waals surface area contributed by atoms with Crippen molar-refractivity contribution in [2.75, 3.05) is 13.7 Å². The van der Waals surface area contributed by atoms with Crippen molar-refractivity contribution >= 4 is 5.91 Å². The maximum absolute atomic E-state index is 12.9. The van der Waals surface area contributed by atoms with Gasteiger partial charge in [-0.3, -0.25) is 9.69 Å². The Labute approximate surface area is 163 Å². The minimum atomic E-state index is -0.812. The Balaban J connectivity index is 1.72. The highest BCUT2D eigenvalue weighted by Crippen LogP contribution is 2.45. The van der Waals surface area contributed by atoms with Crippen LogP contribution in [0, 0.1) is 0 Å². The van der Waals surface area contributed by atoms with Gasteiger partial charge in [0.25, 0.3) is 0 Å². The molecule has 0 aliphatic carbocycles. The molecule has 0 radical (unpaired) electrons. The molecule has 3 rings (SSSR count). The number of hydrogen-bond donors (Lipinski definition) is 1. The smallest absolute Gasteiger partial charge is 0.237 e. The van der Waals surface area contributed by atoms with E-state index in [1.165, 1.54) is 0 Å². The van der Waals surface area contributed by atoms with E-state index in [0.29, 0.717) is 19.4 Å². The lowest BCUT2D eigenvalue weighted by molar-refractivity contribution is -0.139. The van der Waals surface area contributed by atoms with Crippen molar-refractivity contribution in [3.63, 3.8) is 0 Å². The SMILES string of the molecule is COc1ccc(C2(O)CC3CCC(C2)N3CC(=O)N(C(C)C)C(C)C)cc1. The Bertz CT molecular complexity index is 634. The normalized spacial score (nSPS) is 28.0. The summed E-state index contributed by atoms with van der Waals surface area (Å²) in [6, 6.07) is 8.70. The zero-order chi connectivity index (χ0) is 19.8. The van der Waals surface area contributed by atoms with Crippen molar-refractivity contribution in [1.82, 2.24) is 9.80 Å². The van der Waals surface area contributed by atoms with E-state index in [4.69, 9.17) is 4.74 Å². The van der Waals surface area contributed by atoms with E-state index in [9.17, 15) is 9.90 Å². The van der Waals surface area contributed by atoms with Gasteiger partial charge in [0.05, 0.1) is 19.3 Å². The first-order chi connectivity index (χ1) is 12.7. The van der Waals surface area contributed by atoms with Gasteiger partial charge in [-0.1, -0.05) is 12.1 Å². The number of fused-ring (bicyclic) bond motifs is 2. The number of ether oxygens (including phenoxy) is 1. The van der Waals surface area contributed by atoms with Crippen LogP contribution in [-0.2, 0) is 10.4 Å². The third-order valence-corrected chi connectivity index (χ3v) is 6.26. The van der Waals surface area contributed by atoms with E-state index in [-0.39, 0.29) is 30.1 Å². The molecule has 0 spiro atoms. The molecular formula is C22H34N2O3. The first-order valence-electron chi connectivity index (χ1n) is 10.2. The molecule has 2 saturated heterocycles. The number of piperidine rings is 1. The molecule has 0 aromatic heterocycles. The van der Waals surface area contributed by atoms with Crippen LogP contribution in [0.1, 0.15) is 58.9 Å². The molecule has 5 nitrogen and oxygen atoms in total. The summed E-state index contributed by atoms with van der Waals surface area (Å²) in [4.78, 5) is 17.2. The molecule has 1 aromatic carbocycles. The molecule has 2 aliphatic heterocycles. The lowest BCUT2D eigenvalue weighted by Gasteiger charge is -2.44. The second-order valence-corrected chi connectivity index (χ2v) is 8.71. The van der Waals surface area contributed by atoms with Gasteiger partial charge in [-0.25, -0.2) is 0 Å². The van der Waals surface area contributed by atoms with Crippen LogP contribution in [0.2, 0.25) is 0 Å². The number of amides is 1. The van der Waals surface area contributed by atoms with Gasteiger partial charge >= 0.3 is 0 Å². The standard InChI is InChI=1S/C22H34N2O3/c1-15(2)24(16(3)4)21(25)14-23-18-8-9-19(23)13-22(26,12-18)17-6-10-20(27-5)11-7-17/h6-7,10-11,15-16,18-19,26H,8-9,12-14H2,1-5H3. The summed E-state index contributed by atoms with van der Waals surface area (Å²) >= 11 is 0. The lowest BCUT2D eigenvalue weighted by Crippen LogP contribution is -2.54. The topological polar surface area (TPSA) is 53.0 Å². The number of rotatable bonds is 6. The highest BCUT2D eigenvalue weighted by Gasteiger charge is 2.48. The maximum atomic E-state index is 12.9. The molecule has 2 aliphatic rings. The summed E-state index contributed by atoms with van der Waals surface area (Å²) in [7, 11) is 1.65. The summed E-state index contributed by atoms with van der Waals surface area (Å²) in [5.41, 5.74) is 0.144. The summed E-state index contributed by atoms with van der Waals surface area (Å²) in [5.74, 6) is 1.00. The van der Waals surface area contributed by atoms with Crippen LogP contribution in [0.3, 0.4) is 0 Å². The summed E-state index contributed by atoms with van der Waals surface area (Å²) in [6.07, 6.45) is 3.48. The molecule has 1 aromatic rings. The molecular weight excluding hydrogens is 340 g/mol. The van der Waals surface area contributed by atoms with Crippen molar-refractivity contribution in [3.05, 3.63) is 29.8 Å². The fraction of sp³-hybridized carbons (Fsp3) is 0.682. The number of aliphatic hydroxyl groups is 1. The van der Waals surface area contributed by atoms with Crippen LogP contribution in [0.4, 0.5) is 0 Å². The molecule has 150 valence electrons. The first kappa shape index (κ1) is 20.2. The maximum Gasteiger partial charge on any atom is 0.237 e. The minimum Gasteiger partial charge on any atom is -0.497 e. The summed E-state index contributed by atoms with van der Waals surface area (Å²) in [5, 5.41) is 11.4. The van der Waals surface area contributed by atoms with Gasteiger partial charge in [-0.05, 0) is 71.1 Å². The molecule has 2 unspecified atom stereocenters. The van der Waals surface area contributed by atoms with E-state index >= 15 is 0 Å². The van der Waals surface area contributed by atoms with Crippen molar-refractivity contribution < 1.29 is 14.6 Å². The largest absolute Gasteiger partial charge is 0.497 e. The summed E-state index contributed by atoms with van der Waals surface area (Å²) in [6.45, 7) is 8.76. The van der Waals surface area contributed by atoms with Crippen molar-refractivity contribution in [2.24, 2.45) is 0 Å². The van der Waals surface area contributed by atoms with Gasteiger partial charge in [0.15, 0.2) is 0 Å². The molecule has 2 heterocycles. The quantitative estimate of drug-likeness (QED) is 0.831. The van der Waals surface area contributed by atoms with E-state index in [1.807, 2.05) is 29.2 Å². The van der Waals surface area contributed by atoms with Gasteiger partial charge in [0.2, 0.25) is 5.91 Å². The second-order valence-electron chi connectivity index (χ2n) is 8.71. The number of carbonyl (C=O) groups is 1. The lowest BCUT2D eigenvalue weighted by atomic mass is 9.80. The van der Waals surface area contributed by atoms with Gasteiger partial charge in [0.1, 0.15) is 5.75 Å². The average molecular weight is 375 g/mol. The van der Waals surface area contributed by atoms with E-state index in [0.717, 1.165) is 24.2 Å². The predicted octanol–water partition coefficient (Wildman–Crippen LogP) is 3.16. The number of nitrogens with zero attached hydrogens (tertiary/aromatic N) is 2. The van der Waals surface area contributed by atoms with E-state index < -0.39 is 5.60 Å². The molecule has 1 amide bonds. The van der Waals surface area contributed by atoms with E-state index in [2.05, 4.69) is 32.6 Å².